The summed E-state index contributed by atoms with van der Waals surface area (Å²) >= 11 is 0. The molecule has 1 aromatic rings. The average Bonchev–Trinajstić information content (AvgIpc) is 2.04. The van der Waals surface area contributed by atoms with Crippen LogP contribution in [0.25, 0.3) is 0 Å². The summed E-state index contributed by atoms with van der Waals surface area (Å²) in [6, 6.07) is 3.55. The van der Waals surface area contributed by atoms with Crippen LogP contribution in [-0.2, 0) is 0 Å². The number of anilines is 1. The fraction of sp³-hybridized carbons (Fsp3) is 0.250. The Hall–Kier alpha value is -1.29. The molecule has 5 heteroatoms. The Labute approximate surface area is 83.7 Å². The largest absolute Gasteiger partial charge is 0.384 e. The lowest BCUT2D eigenvalue weighted by Crippen LogP contribution is -2.19. The van der Waals surface area contributed by atoms with Crippen molar-refractivity contribution in [2.24, 2.45) is 5.73 Å². The van der Waals surface area contributed by atoms with Gasteiger partial charge in [-0.15, -0.1) is 12.4 Å². The van der Waals surface area contributed by atoms with E-state index in [1.54, 1.807) is 18.3 Å². The minimum Gasteiger partial charge on any atom is -0.384 e. The molecule has 1 aromatic heterocycles. The topological polar surface area (TPSA) is 66.0 Å². The van der Waals surface area contributed by atoms with Gasteiger partial charge in [-0.25, -0.2) is 4.98 Å². The normalized spacial score (nSPS) is 8.77. The summed E-state index contributed by atoms with van der Waals surface area (Å²) in [6.07, 6.45) is 1.68. The number of hydrogen-bond donors (Lipinski definition) is 2. The third-order valence-electron chi connectivity index (χ3n) is 1.50. The number of nitrogens with zero attached hydrogens (tertiary/aromatic N) is 2. The quantitative estimate of drug-likeness (QED) is 0.550. The van der Waals surface area contributed by atoms with Crippen molar-refractivity contribution >= 4 is 24.1 Å². The van der Waals surface area contributed by atoms with Gasteiger partial charge < -0.3 is 10.6 Å². The summed E-state index contributed by atoms with van der Waals surface area (Å²) in [5.74, 6) is 0.775. The van der Waals surface area contributed by atoms with Crippen molar-refractivity contribution in [3.8, 4) is 0 Å². The van der Waals surface area contributed by atoms with Crippen molar-refractivity contribution in [3.63, 3.8) is 0 Å². The van der Waals surface area contributed by atoms with E-state index in [2.05, 4.69) is 4.98 Å². The van der Waals surface area contributed by atoms with Crippen LogP contribution in [0.4, 0.5) is 5.82 Å². The third-order valence-corrected chi connectivity index (χ3v) is 1.50. The Kier molecular flexibility index (Phi) is 4.20. The summed E-state index contributed by atoms with van der Waals surface area (Å²) in [5.41, 5.74) is 6.04. The zero-order chi connectivity index (χ0) is 9.14. The first-order valence-electron chi connectivity index (χ1n) is 3.59. The first-order chi connectivity index (χ1) is 5.63. The smallest absolute Gasteiger partial charge is 0.138 e. The Morgan fingerprint density at radius 3 is 2.54 bits per heavy atom. The van der Waals surface area contributed by atoms with Crippen molar-refractivity contribution in [1.82, 2.24) is 4.98 Å². The average molecular weight is 201 g/mol. The van der Waals surface area contributed by atoms with E-state index in [9.17, 15) is 0 Å². The van der Waals surface area contributed by atoms with Gasteiger partial charge in [0.25, 0.3) is 0 Å². The van der Waals surface area contributed by atoms with Gasteiger partial charge in [0.2, 0.25) is 0 Å². The highest BCUT2D eigenvalue weighted by atomic mass is 35.5. The number of aromatic nitrogens is 1. The summed E-state index contributed by atoms with van der Waals surface area (Å²) < 4.78 is 0. The highest BCUT2D eigenvalue weighted by molar-refractivity contribution is 5.99. The van der Waals surface area contributed by atoms with E-state index in [-0.39, 0.29) is 18.2 Å². The maximum absolute atomic E-state index is 7.28. The van der Waals surface area contributed by atoms with Crippen molar-refractivity contribution in [1.29, 1.82) is 5.41 Å². The number of amidine groups is 1. The van der Waals surface area contributed by atoms with Crippen LogP contribution in [0, 0.1) is 5.41 Å². The van der Waals surface area contributed by atoms with E-state index >= 15 is 0 Å². The maximum Gasteiger partial charge on any atom is 0.138 e. The molecular weight excluding hydrogens is 188 g/mol. The van der Waals surface area contributed by atoms with E-state index in [4.69, 9.17) is 11.1 Å². The molecule has 0 aliphatic heterocycles. The summed E-state index contributed by atoms with van der Waals surface area (Å²) in [6.45, 7) is 0. The molecule has 4 nitrogen and oxygen atoms in total. The van der Waals surface area contributed by atoms with Gasteiger partial charge in [0, 0.05) is 20.3 Å². The molecule has 0 saturated heterocycles. The fourth-order valence-electron chi connectivity index (χ4n) is 0.964. The maximum atomic E-state index is 7.28. The zero-order valence-corrected chi connectivity index (χ0v) is 8.43. The van der Waals surface area contributed by atoms with E-state index in [1.807, 2.05) is 19.0 Å². The van der Waals surface area contributed by atoms with Gasteiger partial charge in [-0.05, 0) is 12.1 Å². The lowest BCUT2D eigenvalue weighted by Gasteiger charge is -2.14. The summed E-state index contributed by atoms with van der Waals surface area (Å²) in [7, 11) is 3.74. The van der Waals surface area contributed by atoms with Gasteiger partial charge >= 0.3 is 0 Å². The molecule has 72 valence electrons. The molecule has 13 heavy (non-hydrogen) atoms. The predicted octanol–water partition coefficient (Wildman–Crippen LogP) is 0.853. The summed E-state index contributed by atoms with van der Waals surface area (Å²) in [5, 5.41) is 7.28. The molecule has 0 spiro atoms. The second kappa shape index (κ2) is 4.67. The van der Waals surface area contributed by atoms with Crippen LogP contribution >= 0.6 is 12.4 Å². The molecule has 0 bridgehead atoms. The van der Waals surface area contributed by atoms with Crippen molar-refractivity contribution in [2.75, 3.05) is 19.0 Å². The number of nitrogens with one attached hydrogen (secondary N) is 1. The van der Waals surface area contributed by atoms with Crippen molar-refractivity contribution in [2.45, 2.75) is 0 Å². The molecule has 0 radical (unpaired) electrons. The Balaban J connectivity index is 0.00000144. The monoisotopic (exact) mass is 200 g/mol. The van der Waals surface area contributed by atoms with E-state index in [0.29, 0.717) is 5.56 Å². The van der Waals surface area contributed by atoms with Gasteiger partial charge in [0.15, 0.2) is 0 Å². The number of halogens is 1. The minimum absolute atomic E-state index is 0. The van der Waals surface area contributed by atoms with Crippen LogP contribution in [0.2, 0.25) is 0 Å². The predicted molar refractivity (Wildman–Crippen MR) is 56.8 cm³/mol. The van der Waals surface area contributed by atoms with Crippen LogP contribution in [0.5, 0.6) is 0 Å². The molecule has 0 aromatic carbocycles. The van der Waals surface area contributed by atoms with Gasteiger partial charge in [-0.2, -0.15) is 0 Å². The molecule has 0 aliphatic rings. The van der Waals surface area contributed by atoms with E-state index < -0.39 is 0 Å². The zero-order valence-electron chi connectivity index (χ0n) is 7.61. The van der Waals surface area contributed by atoms with Crippen LogP contribution in [0.15, 0.2) is 18.3 Å². The highest BCUT2D eigenvalue weighted by Gasteiger charge is 2.06. The number of rotatable bonds is 2. The molecule has 0 fully saturated rings. The number of hydrogen-bond acceptors (Lipinski definition) is 3. The number of pyridine rings is 1. The van der Waals surface area contributed by atoms with Crippen LogP contribution in [0.1, 0.15) is 5.56 Å². The van der Waals surface area contributed by atoms with Crippen molar-refractivity contribution in [3.05, 3.63) is 23.9 Å². The van der Waals surface area contributed by atoms with Gasteiger partial charge in [0.05, 0.1) is 5.56 Å². The van der Waals surface area contributed by atoms with Crippen LogP contribution < -0.4 is 10.6 Å². The Morgan fingerprint density at radius 1 is 1.54 bits per heavy atom. The van der Waals surface area contributed by atoms with Gasteiger partial charge in [-0.3, -0.25) is 5.41 Å². The highest BCUT2D eigenvalue weighted by Crippen LogP contribution is 2.12. The molecular formula is C8H13ClN4. The molecule has 1 heterocycles. The summed E-state index contributed by atoms with van der Waals surface area (Å²) in [4.78, 5) is 5.93. The Morgan fingerprint density at radius 2 is 2.15 bits per heavy atom. The molecule has 0 amide bonds. The second-order valence-electron chi connectivity index (χ2n) is 2.68. The van der Waals surface area contributed by atoms with E-state index in [0.717, 1.165) is 5.82 Å². The van der Waals surface area contributed by atoms with E-state index in [1.165, 1.54) is 0 Å². The SMILES string of the molecule is CN(C)c1ncccc1C(=N)N.Cl. The minimum atomic E-state index is 0. The molecule has 1 rings (SSSR count). The molecule has 0 atom stereocenters. The molecule has 0 saturated carbocycles. The fourth-order valence-corrected chi connectivity index (χ4v) is 0.964. The lowest BCUT2D eigenvalue weighted by atomic mass is 10.2. The third kappa shape index (κ3) is 2.59. The number of nitrogens with two attached hydrogens (primary N) is 1. The van der Waals surface area contributed by atoms with Crippen LogP contribution in [0.3, 0.4) is 0 Å². The number of nitrogen functional groups attached to an aromatic ring is 1. The Bertz CT molecular complexity index is 298. The molecule has 0 unspecified atom stereocenters. The van der Waals surface area contributed by atoms with Crippen LogP contribution in [-0.4, -0.2) is 24.9 Å². The van der Waals surface area contributed by atoms with Gasteiger partial charge in [-0.1, -0.05) is 0 Å². The molecule has 3 N–H and O–H groups in total. The standard InChI is InChI=1S/C8H12N4.ClH/c1-12(2)8-6(7(9)10)4-3-5-11-8;/h3-5H,1-2H3,(H3,9,10);1H. The molecule has 0 aliphatic carbocycles. The first kappa shape index (κ1) is 11.7. The van der Waals surface area contributed by atoms with Gasteiger partial charge in [0.1, 0.15) is 11.7 Å². The first-order valence-corrected chi connectivity index (χ1v) is 3.59. The second-order valence-corrected chi connectivity index (χ2v) is 2.68. The lowest BCUT2D eigenvalue weighted by molar-refractivity contribution is 1.06. The van der Waals surface area contributed by atoms with Crippen molar-refractivity contribution < 1.29 is 0 Å².